The Morgan fingerprint density at radius 1 is 1.55 bits per heavy atom. The van der Waals surface area contributed by atoms with E-state index in [9.17, 15) is 0 Å². The van der Waals surface area contributed by atoms with Crippen molar-refractivity contribution < 1.29 is 15.3 Å². The molecule has 1 rings (SSSR count). The highest BCUT2D eigenvalue weighted by Gasteiger charge is 2.21. The fraction of sp³-hybridized carbons (Fsp3) is 1.00. The van der Waals surface area contributed by atoms with E-state index in [1.165, 1.54) is 0 Å². The maximum atomic E-state index is 9.10. The van der Waals surface area contributed by atoms with E-state index in [4.69, 9.17) is 15.3 Å². The summed E-state index contributed by atoms with van der Waals surface area (Å²) in [6, 6.07) is 0. The number of hydrogen-bond donors (Lipinski definition) is 3. The summed E-state index contributed by atoms with van der Waals surface area (Å²) in [5.41, 5.74) is 0. The fourth-order valence-corrected chi connectivity index (χ4v) is 1.33. The van der Waals surface area contributed by atoms with Gasteiger partial charge in [-0.15, -0.1) is 0 Å². The average Bonchev–Trinajstić information content (AvgIpc) is 2.35. The second-order valence-corrected chi connectivity index (χ2v) is 3.04. The third-order valence-corrected chi connectivity index (χ3v) is 1.93. The molecule has 11 heavy (non-hydrogen) atoms. The van der Waals surface area contributed by atoms with Crippen LogP contribution < -0.4 is 0 Å². The number of nitrogens with zero attached hydrogens (tertiary/aromatic N) is 1. The first-order valence-electron chi connectivity index (χ1n) is 3.91. The third-order valence-electron chi connectivity index (χ3n) is 1.93. The molecule has 1 aliphatic heterocycles. The quantitative estimate of drug-likeness (QED) is 0.467. The van der Waals surface area contributed by atoms with Gasteiger partial charge < -0.3 is 15.3 Å². The van der Waals surface area contributed by atoms with Gasteiger partial charge >= 0.3 is 0 Å². The summed E-state index contributed by atoms with van der Waals surface area (Å²) in [6.45, 7) is 1.70. The molecule has 0 bridgehead atoms. The van der Waals surface area contributed by atoms with Crippen LogP contribution in [-0.4, -0.2) is 58.7 Å². The largest absolute Gasteiger partial charge is 0.394 e. The Labute approximate surface area is 66.1 Å². The molecule has 4 nitrogen and oxygen atoms in total. The van der Waals surface area contributed by atoms with Crippen molar-refractivity contribution in [3.05, 3.63) is 0 Å². The van der Waals surface area contributed by atoms with Crippen molar-refractivity contribution in [3.63, 3.8) is 0 Å². The maximum Gasteiger partial charge on any atom is 0.0897 e. The molecule has 1 fully saturated rings. The minimum absolute atomic E-state index is 0.202. The molecule has 4 heteroatoms. The second kappa shape index (κ2) is 4.01. The van der Waals surface area contributed by atoms with Gasteiger partial charge in [0, 0.05) is 19.6 Å². The van der Waals surface area contributed by atoms with Gasteiger partial charge in [0.1, 0.15) is 0 Å². The van der Waals surface area contributed by atoms with E-state index < -0.39 is 6.10 Å². The van der Waals surface area contributed by atoms with E-state index in [1.54, 1.807) is 0 Å². The Morgan fingerprint density at radius 2 is 2.27 bits per heavy atom. The first-order valence-corrected chi connectivity index (χ1v) is 3.91. The van der Waals surface area contributed by atoms with Gasteiger partial charge in [0.25, 0.3) is 0 Å². The first kappa shape index (κ1) is 8.93. The summed E-state index contributed by atoms with van der Waals surface area (Å²) in [5, 5.41) is 26.7. The van der Waals surface area contributed by atoms with Crippen LogP contribution in [-0.2, 0) is 0 Å². The van der Waals surface area contributed by atoms with Crippen molar-refractivity contribution >= 4 is 0 Å². The molecule has 0 aromatic rings. The van der Waals surface area contributed by atoms with E-state index in [0.717, 1.165) is 13.0 Å². The first-order chi connectivity index (χ1) is 5.22. The molecule has 3 N–H and O–H groups in total. The summed E-state index contributed by atoms with van der Waals surface area (Å²) < 4.78 is 0. The molecule has 0 amide bonds. The highest BCUT2D eigenvalue weighted by Crippen LogP contribution is 2.08. The molecule has 0 aromatic carbocycles. The van der Waals surface area contributed by atoms with E-state index in [-0.39, 0.29) is 12.7 Å². The molecule has 1 saturated heterocycles. The standard InChI is InChI=1S/C7H15NO3/c9-5-7(11)4-8-2-1-6(10)3-8/h6-7,9-11H,1-5H2. The average molecular weight is 161 g/mol. The van der Waals surface area contributed by atoms with E-state index >= 15 is 0 Å². The molecule has 0 spiro atoms. The van der Waals surface area contributed by atoms with Crippen molar-refractivity contribution in [3.8, 4) is 0 Å². The number of rotatable bonds is 3. The number of hydrogen-bond acceptors (Lipinski definition) is 4. The SMILES string of the molecule is OCC(O)CN1CCC(O)C1. The van der Waals surface area contributed by atoms with Crippen LogP contribution in [0.15, 0.2) is 0 Å². The van der Waals surface area contributed by atoms with Gasteiger partial charge in [-0.2, -0.15) is 0 Å². The van der Waals surface area contributed by atoms with Crippen molar-refractivity contribution in [1.82, 2.24) is 4.90 Å². The lowest BCUT2D eigenvalue weighted by Gasteiger charge is -2.17. The molecular weight excluding hydrogens is 146 g/mol. The van der Waals surface area contributed by atoms with Crippen molar-refractivity contribution in [2.45, 2.75) is 18.6 Å². The zero-order valence-electron chi connectivity index (χ0n) is 6.48. The molecule has 0 aliphatic carbocycles. The predicted octanol–water partition coefficient (Wildman–Crippen LogP) is -1.59. The molecule has 1 aliphatic rings. The summed E-state index contributed by atoms with van der Waals surface area (Å²) in [7, 11) is 0. The van der Waals surface area contributed by atoms with Crippen LogP contribution in [0, 0.1) is 0 Å². The highest BCUT2D eigenvalue weighted by molar-refractivity contribution is 4.75. The van der Waals surface area contributed by atoms with Crippen LogP contribution in [0.25, 0.3) is 0 Å². The number of aliphatic hydroxyl groups excluding tert-OH is 3. The smallest absolute Gasteiger partial charge is 0.0897 e. The van der Waals surface area contributed by atoms with Gasteiger partial charge in [0.15, 0.2) is 0 Å². The predicted molar refractivity (Wildman–Crippen MR) is 40.2 cm³/mol. The fourth-order valence-electron chi connectivity index (χ4n) is 1.33. The number of aliphatic hydroxyl groups is 3. The van der Waals surface area contributed by atoms with Crippen molar-refractivity contribution in [1.29, 1.82) is 0 Å². The molecule has 2 unspecified atom stereocenters. The summed E-state index contributed by atoms with van der Waals surface area (Å²) in [5.74, 6) is 0. The topological polar surface area (TPSA) is 63.9 Å². The molecule has 66 valence electrons. The Hall–Kier alpha value is -0.160. The van der Waals surface area contributed by atoms with E-state index in [2.05, 4.69) is 0 Å². The van der Waals surface area contributed by atoms with E-state index in [0.29, 0.717) is 13.1 Å². The minimum atomic E-state index is -0.666. The van der Waals surface area contributed by atoms with Crippen LogP contribution in [0.4, 0.5) is 0 Å². The highest BCUT2D eigenvalue weighted by atomic mass is 16.3. The summed E-state index contributed by atoms with van der Waals surface area (Å²) in [4.78, 5) is 1.95. The molecule has 2 atom stereocenters. The third kappa shape index (κ3) is 2.75. The van der Waals surface area contributed by atoms with Gasteiger partial charge in [-0.25, -0.2) is 0 Å². The van der Waals surface area contributed by atoms with Gasteiger partial charge in [-0.1, -0.05) is 0 Å². The van der Waals surface area contributed by atoms with Gasteiger partial charge in [0.05, 0.1) is 18.8 Å². The van der Waals surface area contributed by atoms with Crippen LogP contribution in [0.5, 0.6) is 0 Å². The van der Waals surface area contributed by atoms with Crippen LogP contribution in [0.1, 0.15) is 6.42 Å². The van der Waals surface area contributed by atoms with Crippen LogP contribution in [0.3, 0.4) is 0 Å². The minimum Gasteiger partial charge on any atom is -0.394 e. The van der Waals surface area contributed by atoms with Crippen molar-refractivity contribution in [2.75, 3.05) is 26.2 Å². The number of β-amino-alcohol motifs (C(OH)–C–C–N with tert-alkyl or cyclic N) is 2. The lowest BCUT2D eigenvalue weighted by Crippen LogP contribution is -2.33. The number of likely N-dealkylation sites (tertiary alicyclic amines) is 1. The second-order valence-electron chi connectivity index (χ2n) is 3.04. The normalized spacial score (nSPS) is 29.2. The van der Waals surface area contributed by atoms with Crippen molar-refractivity contribution in [2.24, 2.45) is 0 Å². The van der Waals surface area contributed by atoms with Crippen LogP contribution in [0.2, 0.25) is 0 Å². The Bertz CT molecular complexity index is 120. The Balaban J connectivity index is 2.17. The summed E-state index contributed by atoms with van der Waals surface area (Å²) in [6.07, 6.45) is -0.140. The lowest BCUT2D eigenvalue weighted by molar-refractivity contribution is 0.0617. The van der Waals surface area contributed by atoms with Crippen LogP contribution >= 0.6 is 0 Å². The Morgan fingerprint density at radius 3 is 2.73 bits per heavy atom. The molecule has 0 aromatic heterocycles. The monoisotopic (exact) mass is 161 g/mol. The molecule has 0 radical (unpaired) electrons. The maximum absolute atomic E-state index is 9.10. The summed E-state index contributed by atoms with van der Waals surface area (Å²) >= 11 is 0. The zero-order valence-corrected chi connectivity index (χ0v) is 6.48. The van der Waals surface area contributed by atoms with Gasteiger partial charge in [-0.05, 0) is 6.42 Å². The molecule has 1 heterocycles. The molecule has 0 saturated carbocycles. The van der Waals surface area contributed by atoms with E-state index in [1.807, 2.05) is 4.90 Å². The lowest BCUT2D eigenvalue weighted by atomic mass is 10.3. The molecular formula is C7H15NO3. The van der Waals surface area contributed by atoms with Gasteiger partial charge in [-0.3, -0.25) is 4.90 Å². The Kier molecular flexibility index (Phi) is 3.26. The van der Waals surface area contributed by atoms with Gasteiger partial charge in [0.2, 0.25) is 0 Å². The zero-order chi connectivity index (χ0) is 8.27.